The lowest BCUT2D eigenvalue weighted by molar-refractivity contribution is 1.12. The molecule has 0 saturated heterocycles. The lowest BCUT2D eigenvalue weighted by atomic mass is 9.97. The normalized spacial score (nSPS) is 11.0. The maximum atomic E-state index is 5.82. The van der Waals surface area contributed by atoms with Crippen molar-refractivity contribution in [1.29, 1.82) is 0 Å². The second kappa shape index (κ2) is 15.5. The highest BCUT2D eigenvalue weighted by atomic mass is 14.5. The van der Waals surface area contributed by atoms with E-state index in [9.17, 15) is 0 Å². The highest BCUT2D eigenvalue weighted by molar-refractivity contribution is 5.41. The van der Waals surface area contributed by atoms with Gasteiger partial charge in [-0.15, -0.1) is 0 Å². The fourth-order valence-corrected chi connectivity index (χ4v) is 6.52. The fraction of sp³-hybridized carbons (Fsp3) is 0.125. The summed E-state index contributed by atoms with van der Waals surface area (Å²) in [4.78, 5) is 0. The Balaban J connectivity index is 0.872. The first-order valence-electron chi connectivity index (χ1n) is 17.4. The first kappa shape index (κ1) is 31.9. The Labute approximate surface area is 291 Å². The lowest BCUT2D eigenvalue weighted by Crippen LogP contribution is -1.94. The van der Waals surface area contributed by atoms with Crippen molar-refractivity contribution in [2.45, 2.75) is 38.5 Å². The van der Waals surface area contributed by atoms with Gasteiger partial charge in [-0.1, -0.05) is 164 Å². The van der Waals surface area contributed by atoms with Gasteiger partial charge in [0.25, 0.3) is 0 Å². The van der Waals surface area contributed by atoms with Crippen LogP contribution >= 0.6 is 0 Å². The maximum absolute atomic E-state index is 5.82. The van der Waals surface area contributed by atoms with Crippen LogP contribution in [-0.2, 0) is 38.5 Å². The summed E-state index contributed by atoms with van der Waals surface area (Å²) in [6.07, 6.45) is 5.71. The largest absolute Gasteiger partial charge is 0.399 e. The Hall–Kier alpha value is -5.66. The minimum absolute atomic E-state index is 0.810. The van der Waals surface area contributed by atoms with Gasteiger partial charge in [-0.2, -0.15) is 0 Å². The monoisotopic (exact) mass is 633 g/mol. The van der Waals surface area contributed by atoms with Crippen LogP contribution < -0.4 is 5.73 Å². The van der Waals surface area contributed by atoms with Gasteiger partial charge in [0.1, 0.15) is 0 Å². The van der Waals surface area contributed by atoms with E-state index in [0.717, 1.165) is 44.2 Å². The predicted molar refractivity (Wildman–Crippen MR) is 206 cm³/mol. The van der Waals surface area contributed by atoms with Crippen molar-refractivity contribution >= 4 is 5.69 Å². The SMILES string of the molecule is Nc1ccc(Cc2ccc(Cc3ccc(Cc4ccc(Cc5ccc(Cc6ccc(Cc7ccccc7)cc6)cc5)cc4)cc3)cc2)cc1. The third-order valence-corrected chi connectivity index (χ3v) is 9.39. The van der Waals surface area contributed by atoms with E-state index in [1.165, 1.54) is 66.8 Å². The van der Waals surface area contributed by atoms with E-state index < -0.39 is 0 Å². The molecule has 0 aliphatic carbocycles. The van der Waals surface area contributed by atoms with Gasteiger partial charge in [0, 0.05) is 5.69 Å². The standard InChI is InChI=1S/C48H43N/c49-48-28-26-47(27-29-48)35-46-24-22-45(23-25-46)34-44-20-18-43(19-21-44)33-42-16-14-41(15-17-42)32-40-12-10-39(11-13-40)31-38-8-6-37(7-9-38)30-36-4-2-1-3-5-36/h1-29H,30-35,49H2. The van der Waals surface area contributed by atoms with Crippen LogP contribution in [0.4, 0.5) is 5.69 Å². The number of rotatable bonds is 12. The lowest BCUT2D eigenvalue weighted by Gasteiger charge is -2.08. The second-order valence-electron chi connectivity index (χ2n) is 13.4. The molecular weight excluding hydrogens is 591 g/mol. The first-order valence-corrected chi connectivity index (χ1v) is 17.4. The smallest absolute Gasteiger partial charge is 0.0314 e. The van der Waals surface area contributed by atoms with Gasteiger partial charge in [0.2, 0.25) is 0 Å². The molecule has 1 heteroatoms. The summed E-state index contributed by atoms with van der Waals surface area (Å²) in [7, 11) is 0. The van der Waals surface area contributed by atoms with Crippen molar-refractivity contribution in [3.63, 3.8) is 0 Å². The number of anilines is 1. The zero-order valence-electron chi connectivity index (χ0n) is 28.1. The van der Waals surface area contributed by atoms with Crippen LogP contribution in [0.25, 0.3) is 0 Å². The molecule has 0 atom stereocenters. The van der Waals surface area contributed by atoms with E-state index in [4.69, 9.17) is 5.73 Å². The van der Waals surface area contributed by atoms with Gasteiger partial charge in [0.05, 0.1) is 0 Å². The van der Waals surface area contributed by atoms with Crippen LogP contribution in [0.1, 0.15) is 66.8 Å². The fourth-order valence-electron chi connectivity index (χ4n) is 6.52. The van der Waals surface area contributed by atoms with Crippen molar-refractivity contribution < 1.29 is 0 Å². The van der Waals surface area contributed by atoms with E-state index in [-0.39, 0.29) is 0 Å². The number of nitrogens with two attached hydrogens (primary N) is 1. The van der Waals surface area contributed by atoms with Crippen LogP contribution in [-0.4, -0.2) is 0 Å². The number of hydrogen-bond donors (Lipinski definition) is 1. The molecular formula is C48H43N. The van der Waals surface area contributed by atoms with Crippen LogP contribution in [0.15, 0.2) is 176 Å². The van der Waals surface area contributed by atoms with E-state index in [2.05, 4.69) is 164 Å². The summed E-state index contributed by atoms with van der Waals surface area (Å²) in [5.41, 5.74) is 22.7. The van der Waals surface area contributed by atoms with Crippen molar-refractivity contribution in [1.82, 2.24) is 0 Å². The summed E-state index contributed by atoms with van der Waals surface area (Å²) in [5, 5.41) is 0. The third kappa shape index (κ3) is 9.24. The minimum Gasteiger partial charge on any atom is -0.399 e. The second-order valence-corrected chi connectivity index (χ2v) is 13.4. The molecule has 0 bridgehead atoms. The first-order chi connectivity index (χ1) is 24.1. The van der Waals surface area contributed by atoms with Gasteiger partial charge in [0.15, 0.2) is 0 Å². The van der Waals surface area contributed by atoms with Gasteiger partial charge < -0.3 is 5.73 Å². The quantitative estimate of drug-likeness (QED) is 0.133. The van der Waals surface area contributed by atoms with Crippen molar-refractivity contribution in [2.24, 2.45) is 0 Å². The summed E-state index contributed by atoms with van der Waals surface area (Å²) in [5.74, 6) is 0. The predicted octanol–water partition coefficient (Wildman–Crippen LogP) is 10.8. The summed E-state index contributed by atoms with van der Waals surface area (Å²) < 4.78 is 0. The topological polar surface area (TPSA) is 26.0 Å². The number of benzene rings is 7. The van der Waals surface area contributed by atoms with E-state index in [0.29, 0.717) is 0 Å². The number of nitrogen functional groups attached to an aromatic ring is 1. The average Bonchev–Trinajstić information content (AvgIpc) is 3.14. The molecule has 0 aliphatic heterocycles. The molecule has 49 heavy (non-hydrogen) atoms. The van der Waals surface area contributed by atoms with E-state index in [1.807, 2.05) is 12.1 Å². The van der Waals surface area contributed by atoms with Gasteiger partial charge >= 0.3 is 0 Å². The van der Waals surface area contributed by atoms with Gasteiger partial charge in [-0.25, -0.2) is 0 Å². The molecule has 7 aromatic rings. The molecule has 0 heterocycles. The Morgan fingerprint density at radius 3 is 0.571 bits per heavy atom. The molecule has 0 amide bonds. The minimum atomic E-state index is 0.810. The molecule has 0 saturated carbocycles. The highest BCUT2D eigenvalue weighted by Crippen LogP contribution is 2.19. The van der Waals surface area contributed by atoms with E-state index in [1.54, 1.807) is 0 Å². The molecule has 0 spiro atoms. The van der Waals surface area contributed by atoms with Crippen molar-refractivity contribution in [3.05, 3.63) is 243 Å². The molecule has 0 radical (unpaired) electrons. The Morgan fingerprint density at radius 2 is 0.367 bits per heavy atom. The Morgan fingerprint density at radius 1 is 0.204 bits per heavy atom. The average molecular weight is 634 g/mol. The summed E-state index contributed by atoms with van der Waals surface area (Å²) >= 11 is 0. The molecule has 240 valence electrons. The Kier molecular flexibility index (Phi) is 10.1. The molecule has 0 aromatic heterocycles. The molecule has 7 rings (SSSR count). The zero-order chi connectivity index (χ0) is 33.3. The maximum Gasteiger partial charge on any atom is 0.0314 e. The van der Waals surface area contributed by atoms with Gasteiger partial charge in [-0.05, 0) is 117 Å². The number of hydrogen-bond acceptors (Lipinski definition) is 1. The molecule has 1 nitrogen and oxygen atoms in total. The molecule has 7 aromatic carbocycles. The third-order valence-electron chi connectivity index (χ3n) is 9.39. The van der Waals surface area contributed by atoms with Crippen LogP contribution in [0.3, 0.4) is 0 Å². The van der Waals surface area contributed by atoms with Gasteiger partial charge in [-0.3, -0.25) is 0 Å². The highest BCUT2D eigenvalue weighted by Gasteiger charge is 2.04. The van der Waals surface area contributed by atoms with Crippen LogP contribution in [0.5, 0.6) is 0 Å². The van der Waals surface area contributed by atoms with Crippen molar-refractivity contribution in [2.75, 3.05) is 5.73 Å². The summed E-state index contributed by atoms with van der Waals surface area (Å²) in [6, 6.07) is 64.2. The van der Waals surface area contributed by atoms with Crippen LogP contribution in [0.2, 0.25) is 0 Å². The molecule has 0 aliphatic rings. The van der Waals surface area contributed by atoms with E-state index >= 15 is 0 Å². The van der Waals surface area contributed by atoms with Crippen LogP contribution in [0, 0.1) is 0 Å². The summed E-state index contributed by atoms with van der Waals surface area (Å²) in [6.45, 7) is 0. The molecule has 2 N–H and O–H groups in total. The van der Waals surface area contributed by atoms with Crippen molar-refractivity contribution in [3.8, 4) is 0 Å². The molecule has 0 unspecified atom stereocenters. The zero-order valence-corrected chi connectivity index (χ0v) is 28.1. The molecule has 0 fully saturated rings. The Bertz CT molecular complexity index is 2040.